The Balaban J connectivity index is 2.33. The van der Waals surface area contributed by atoms with E-state index in [4.69, 9.17) is 10.5 Å². The van der Waals surface area contributed by atoms with Gasteiger partial charge >= 0.3 is 0 Å². The van der Waals surface area contributed by atoms with Gasteiger partial charge in [-0.3, -0.25) is 4.72 Å². The lowest BCUT2D eigenvalue weighted by Gasteiger charge is -2.10. The van der Waals surface area contributed by atoms with E-state index in [9.17, 15) is 12.8 Å². The van der Waals surface area contributed by atoms with Crippen LogP contribution in [0.5, 0.6) is 5.88 Å². The summed E-state index contributed by atoms with van der Waals surface area (Å²) < 4.78 is 44.6. The van der Waals surface area contributed by atoms with E-state index in [-0.39, 0.29) is 10.6 Å². The molecular formula is C12H12FN3O3S. The highest BCUT2D eigenvalue weighted by atomic mass is 32.2. The van der Waals surface area contributed by atoms with Crippen LogP contribution in [0, 0.1) is 5.82 Å². The lowest BCUT2D eigenvalue weighted by molar-refractivity contribution is 0.398. The second-order valence-electron chi connectivity index (χ2n) is 3.85. The first-order valence-electron chi connectivity index (χ1n) is 5.51. The molecule has 6 nitrogen and oxygen atoms in total. The maximum absolute atomic E-state index is 13.3. The normalized spacial score (nSPS) is 11.1. The number of sulfonamides is 1. The zero-order valence-corrected chi connectivity index (χ0v) is 11.3. The molecular weight excluding hydrogens is 285 g/mol. The monoisotopic (exact) mass is 297 g/mol. The highest BCUT2D eigenvalue weighted by molar-refractivity contribution is 7.92. The Morgan fingerprint density at radius 2 is 2.05 bits per heavy atom. The van der Waals surface area contributed by atoms with Crippen LogP contribution in [-0.4, -0.2) is 20.5 Å². The van der Waals surface area contributed by atoms with E-state index < -0.39 is 21.5 Å². The Bertz CT molecular complexity index is 717. The first kappa shape index (κ1) is 14.1. The van der Waals surface area contributed by atoms with Crippen LogP contribution in [0.4, 0.5) is 15.8 Å². The number of methoxy groups -OCH3 is 1. The minimum atomic E-state index is -3.98. The summed E-state index contributed by atoms with van der Waals surface area (Å²) >= 11 is 0. The van der Waals surface area contributed by atoms with Gasteiger partial charge in [0.1, 0.15) is 10.7 Å². The zero-order chi connectivity index (χ0) is 14.8. The summed E-state index contributed by atoms with van der Waals surface area (Å²) in [5, 5.41) is 0. The Morgan fingerprint density at radius 3 is 2.65 bits per heavy atom. The molecule has 0 unspecified atom stereocenters. The number of pyridine rings is 1. The summed E-state index contributed by atoms with van der Waals surface area (Å²) in [7, 11) is -2.54. The van der Waals surface area contributed by atoms with Gasteiger partial charge in [-0.05, 0) is 18.2 Å². The van der Waals surface area contributed by atoms with E-state index in [0.29, 0.717) is 5.88 Å². The maximum atomic E-state index is 13.3. The second kappa shape index (κ2) is 5.33. The highest BCUT2D eigenvalue weighted by Gasteiger charge is 2.19. The van der Waals surface area contributed by atoms with E-state index in [2.05, 4.69) is 9.71 Å². The number of anilines is 2. The van der Waals surface area contributed by atoms with Crippen LogP contribution in [-0.2, 0) is 10.0 Å². The molecule has 0 amide bonds. The largest absolute Gasteiger partial charge is 0.481 e. The average molecular weight is 297 g/mol. The number of nitrogens with zero attached hydrogens (tertiary/aromatic N) is 1. The highest BCUT2D eigenvalue weighted by Crippen LogP contribution is 2.23. The standard InChI is InChI=1S/C12H12FN3O3S/c1-19-11-6-5-8(7-15-11)16-20(17,18)10-4-2-3-9(13)12(10)14/h2-7,16H,14H2,1H3. The predicted octanol–water partition coefficient (Wildman–Crippen LogP) is 1.61. The molecule has 0 atom stereocenters. The quantitative estimate of drug-likeness (QED) is 0.836. The van der Waals surface area contributed by atoms with Crippen LogP contribution >= 0.6 is 0 Å². The Kier molecular flexibility index (Phi) is 3.75. The molecule has 0 fully saturated rings. The van der Waals surface area contributed by atoms with Crippen molar-refractivity contribution < 1.29 is 17.5 Å². The fourth-order valence-corrected chi connectivity index (χ4v) is 2.71. The van der Waals surface area contributed by atoms with E-state index in [1.807, 2.05) is 0 Å². The summed E-state index contributed by atoms with van der Waals surface area (Å²) in [6.07, 6.45) is 1.28. The smallest absolute Gasteiger partial charge is 0.264 e. The molecule has 0 saturated carbocycles. The number of ether oxygens (including phenoxy) is 1. The molecule has 0 radical (unpaired) electrons. The lowest BCUT2D eigenvalue weighted by atomic mass is 10.3. The van der Waals surface area contributed by atoms with Gasteiger partial charge in [-0.2, -0.15) is 0 Å². The van der Waals surface area contributed by atoms with Gasteiger partial charge in [0.05, 0.1) is 24.7 Å². The minimum absolute atomic E-state index is 0.217. The SMILES string of the molecule is COc1ccc(NS(=O)(=O)c2cccc(F)c2N)cn1. The van der Waals surface area contributed by atoms with Crippen LogP contribution in [0.25, 0.3) is 0 Å². The van der Waals surface area contributed by atoms with Gasteiger partial charge in [-0.1, -0.05) is 6.07 Å². The molecule has 0 aliphatic heterocycles. The fourth-order valence-electron chi connectivity index (χ4n) is 1.52. The molecule has 0 spiro atoms. The van der Waals surface area contributed by atoms with Gasteiger partial charge in [0.2, 0.25) is 5.88 Å². The number of hydrogen-bond donors (Lipinski definition) is 2. The third-order valence-corrected chi connectivity index (χ3v) is 3.94. The molecule has 1 aromatic carbocycles. The molecule has 0 aliphatic rings. The molecule has 2 rings (SSSR count). The number of nitrogen functional groups attached to an aromatic ring is 1. The molecule has 0 bridgehead atoms. The third kappa shape index (κ3) is 2.80. The van der Waals surface area contributed by atoms with Crippen molar-refractivity contribution in [2.75, 3.05) is 17.6 Å². The minimum Gasteiger partial charge on any atom is -0.481 e. The van der Waals surface area contributed by atoms with E-state index in [1.165, 1.54) is 37.6 Å². The van der Waals surface area contributed by atoms with Crippen molar-refractivity contribution in [3.63, 3.8) is 0 Å². The lowest BCUT2D eigenvalue weighted by Crippen LogP contribution is -2.15. The molecule has 0 saturated heterocycles. The molecule has 20 heavy (non-hydrogen) atoms. The molecule has 0 aliphatic carbocycles. The summed E-state index contributed by atoms with van der Waals surface area (Å²) in [5.74, 6) is -0.445. The summed E-state index contributed by atoms with van der Waals surface area (Å²) in [5.41, 5.74) is 5.23. The number of para-hydroxylation sites is 1. The van der Waals surface area contributed by atoms with Crippen molar-refractivity contribution in [1.82, 2.24) is 4.98 Å². The van der Waals surface area contributed by atoms with Crippen LogP contribution in [0.2, 0.25) is 0 Å². The predicted molar refractivity (Wildman–Crippen MR) is 72.4 cm³/mol. The van der Waals surface area contributed by atoms with Gasteiger partial charge in [-0.15, -0.1) is 0 Å². The van der Waals surface area contributed by atoms with Crippen molar-refractivity contribution >= 4 is 21.4 Å². The molecule has 2 aromatic rings. The molecule has 1 heterocycles. The molecule has 3 N–H and O–H groups in total. The fraction of sp³-hybridized carbons (Fsp3) is 0.0833. The van der Waals surface area contributed by atoms with Crippen LogP contribution < -0.4 is 15.2 Å². The Labute approximate surface area is 115 Å². The number of benzene rings is 1. The summed E-state index contributed by atoms with van der Waals surface area (Å²) in [6, 6.07) is 6.54. The second-order valence-corrected chi connectivity index (χ2v) is 5.50. The van der Waals surface area contributed by atoms with Gasteiger partial charge in [0.15, 0.2) is 0 Å². The van der Waals surface area contributed by atoms with Crippen LogP contribution in [0.1, 0.15) is 0 Å². The summed E-state index contributed by atoms with van der Waals surface area (Å²) in [4.78, 5) is 3.53. The number of halogens is 1. The average Bonchev–Trinajstić information content (AvgIpc) is 2.42. The van der Waals surface area contributed by atoms with Crippen LogP contribution in [0.3, 0.4) is 0 Å². The van der Waals surface area contributed by atoms with Crippen molar-refractivity contribution in [3.8, 4) is 5.88 Å². The van der Waals surface area contributed by atoms with Crippen LogP contribution in [0.15, 0.2) is 41.4 Å². The van der Waals surface area contributed by atoms with Gasteiger partial charge in [0, 0.05) is 6.07 Å². The van der Waals surface area contributed by atoms with E-state index >= 15 is 0 Å². The van der Waals surface area contributed by atoms with E-state index in [1.54, 1.807) is 0 Å². The van der Waals surface area contributed by atoms with Crippen molar-refractivity contribution in [3.05, 3.63) is 42.3 Å². The number of nitrogens with two attached hydrogens (primary N) is 1. The Morgan fingerprint density at radius 1 is 1.30 bits per heavy atom. The zero-order valence-electron chi connectivity index (χ0n) is 10.5. The summed E-state index contributed by atoms with van der Waals surface area (Å²) in [6.45, 7) is 0. The van der Waals surface area contributed by atoms with E-state index in [0.717, 1.165) is 6.07 Å². The molecule has 8 heteroatoms. The third-order valence-electron chi connectivity index (χ3n) is 2.50. The van der Waals surface area contributed by atoms with Gasteiger partial charge in [0.25, 0.3) is 10.0 Å². The Hall–Kier alpha value is -2.35. The van der Waals surface area contributed by atoms with Crippen molar-refractivity contribution in [2.45, 2.75) is 4.90 Å². The number of aromatic nitrogens is 1. The number of rotatable bonds is 4. The number of nitrogens with one attached hydrogen (secondary N) is 1. The topological polar surface area (TPSA) is 94.3 Å². The number of hydrogen-bond acceptors (Lipinski definition) is 5. The van der Waals surface area contributed by atoms with Gasteiger partial charge in [-0.25, -0.2) is 17.8 Å². The maximum Gasteiger partial charge on any atom is 0.264 e. The first-order valence-corrected chi connectivity index (χ1v) is 6.99. The van der Waals surface area contributed by atoms with Gasteiger partial charge < -0.3 is 10.5 Å². The molecule has 1 aromatic heterocycles. The molecule has 106 valence electrons. The van der Waals surface area contributed by atoms with Crippen molar-refractivity contribution in [2.24, 2.45) is 0 Å². The van der Waals surface area contributed by atoms with Crippen molar-refractivity contribution in [1.29, 1.82) is 0 Å². The first-order chi connectivity index (χ1) is 9.44.